The van der Waals surface area contributed by atoms with E-state index < -0.39 is 24.1 Å². The zero-order valence-corrected chi connectivity index (χ0v) is 13.9. The minimum Gasteiger partial charge on any atom is -0.463 e. The quantitative estimate of drug-likeness (QED) is 0.684. The second-order valence-corrected chi connectivity index (χ2v) is 5.95. The summed E-state index contributed by atoms with van der Waals surface area (Å²) in [5.41, 5.74) is 0.313. The van der Waals surface area contributed by atoms with Crippen LogP contribution >= 0.6 is 0 Å². The number of hydrogen-bond acceptors (Lipinski definition) is 6. The van der Waals surface area contributed by atoms with Gasteiger partial charge in [0.05, 0.1) is 12.0 Å². The van der Waals surface area contributed by atoms with E-state index in [0.29, 0.717) is 5.56 Å². The number of ether oxygens (including phenoxy) is 2. The molecule has 0 amide bonds. The molecule has 7 nitrogen and oxygen atoms in total. The van der Waals surface area contributed by atoms with Crippen molar-refractivity contribution < 1.29 is 31.9 Å². The smallest absolute Gasteiger partial charge is 0.463 e. The third kappa shape index (κ3) is 3.48. The molecule has 0 bridgehead atoms. The van der Waals surface area contributed by atoms with E-state index in [1.165, 1.54) is 18.4 Å². The molecule has 3 heterocycles. The molecule has 1 aromatic carbocycles. The second kappa shape index (κ2) is 6.55. The molecule has 1 N–H and O–H groups in total. The summed E-state index contributed by atoms with van der Waals surface area (Å²) >= 11 is 0. The Balaban J connectivity index is 1.63. The van der Waals surface area contributed by atoms with Crippen LogP contribution in [0.4, 0.5) is 13.2 Å². The zero-order chi connectivity index (χ0) is 19.9. The van der Waals surface area contributed by atoms with Gasteiger partial charge in [-0.3, -0.25) is 0 Å². The lowest BCUT2D eigenvalue weighted by Crippen LogP contribution is -2.17. The molecule has 2 aromatic heterocycles. The van der Waals surface area contributed by atoms with Gasteiger partial charge in [-0.15, -0.1) is 13.2 Å². The number of fused-ring (bicyclic) bond motifs is 1. The highest BCUT2D eigenvalue weighted by Gasteiger charge is 2.37. The molecule has 28 heavy (non-hydrogen) atoms. The Labute approximate surface area is 154 Å². The van der Waals surface area contributed by atoms with Crippen LogP contribution in [0.25, 0.3) is 11.5 Å². The van der Waals surface area contributed by atoms with E-state index in [2.05, 4.69) is 14.7 Å². The molecule has 1 aliphatic heterocycles. The van der Waals surface area contributed by atoms with Crippen molar-refractivity contribution in [2.24, 2.45) is 0 Å². The van der Waals surface area contributed by atoms with Crippen LogP contribution in [-0.2, 0) is 11.2 Å². The number of hydrogen-bond donors (Lipinski definition) is 1. The van der Waals surface area contributed by atoms with Crippen LogP contribution < -0.4 is 10.4 Å². The van der Waals surface area contributed by atoms with Crippen molar-refractivity contribution in [3.05, 3.63) is 70.0 Å². The highest BCUT2D eigenvalue weighted by Crippen LogP contribution is 2.36. The van der Waals surface area contributed by atoms with Gasteiger partial charge in [0.1, 0.15) is 23.1 Å². The van der Waals surface area contributed by atoms with Crippen molar-refractivity contribution in [3.63, 3.8) is 0 Å². The Morgan fingerprint density at radius 2 is 1.89 bits per heavy atom. The lowest BCUT2D eigenvalue weighted by molar-refractivity contribution is -0.274. The topological polar surface area (TPSA) is 94.4 Å². The van der Waals surface area contributed by atoms with E-state index in [0.717, 1.165) is 12.1 Å². The highest BCUT2D eigenvalue weighted by atomic mass is 19.4. The van der Waals surface area contributed by atoms with E-state index in [-0.39, 0.29) is 34.9 Å². The minimum atomic E-state index is -4.78. The van der Waals surface area contributed by atoms with Gasteiger partial charge in [-0.05, 0) is 29.8 Å². The summed E-state index contributed by atoms with van der Waals surface area (Å²) in [6.07, 6.45) is -4.08. The summed E-state index contributed by atoms with van der Waals surface area (Å²) in [6.45, 7) is 0. The number of furan rings is 1. The van der Waals surface area contributed by atoms with Gasteiger partial charge in [-0.2, -0.15) is 4.98 Å². The van der Waals surface area contributed by atoms with Crippen LogP contribution in [0, 0.1) is 0 Å². The summed E-state index contributed by atoms with van der Waals surface area (Å²) < 4.78 is 51.1. The number of nitrogens with one attached hydrogen (secondary N) is 1. The summed E-state index contributed by atoms with van der Waals surface area (Å²) in [5.74, 6) is -0.793. The van der Waals surface area contributed by atoms with Gasteiger partial charge in [0.15, 0.2) is 5.76 Å². The van der Waals surface area contributed by atoms with Crippen LogP contribution in [0.3, 0.4) is 0 Å². The number of esters is 1. The van der Waals surface area contributed by atoms with Gasteiger partial charge in [-0.1, -0.05) is 12.1 Å². The summed E-state index contributed by atoms with van der Waals surface area (Å²) in [4.78, 5) is 30.6. The van der Waals surface area contributed by atoms with Gasteiger partial charge < -0.3 is 18.9 Å². The molecule has 3 aromatic rings. The molecule has 0 saturated carbocycles. The van der Waals surface area contributed by atoms with Crippen molar-refractivity contribution in [1.82, 2.24) is 9.97 Å². The molecule has 144 valence electrons. The van der Waals surface area contributed by atoms with Gasteiger partial charge in [0, 0.05) is 6.42 Å². The Bertz CT molecular complexity index is 1070. The van der Waals surface area contributed by atoms with Crippen molar-refractivity contribution in [3.8, 4) is 17.2 Å². The maximum atomic E-state index is 12.3. The molecule has 1 unspecified atom stereocenters. The standard InChI is InChI=1S/C18H11F3N2O5/c19-18(20,21)28-10-5-3-9(4-6-10)8-12-15-13(16(24)27-12)14(22-17(25)23-15)11-2-1-7-26-11/h1-7,12H,8H2,(H,22,23,25). The molecule has 0 fully saturated rings. The Morgan fingerprint density at radius 1 is 1.14 bits per heavy atom. The number of H-pyrrole nitrogens is 1. The summed E-state index contributed by atoms with van der Waals surface area (Å²) in [5, 5.41) is 0. The Hall–Kier alpha value is -3.56. The van der Waals surface area contributed by atoms with Crippen LogP contribution in [0.2, 0.25) is 0 Å². The first-order chi connectivity index (χ1) is 13.3. The van der Waals surface area contributed by atoms with Crippen LogP contribution in [0.5, 0.6) is 5.75 Å². The molecule has 0 aliphatic carbocycles. The van der Waals surface area contributed by atoms with E-state index in [1.807, 2.05) is 0 Å². The first-order valence-electron chi connectivity index (χ1n) is 8.04. The van der Waals surface area contributed by atoms with Gasteiger partial charge in [-0.25, -0.2) is 9.59 Å². The van der Waals surface area contributed by atoms with Gasteiger partial charge >= 0.3 is 18.0 Å². The molecule has 4 rings (SSSR count). The fourth-order valence-electron chi connectivity index (χ4n) is 2.96. The van der Waals surface area contributed by atoms with Crippen LogP contribution in [-0.4, -0.2) is 22.3 Å². The lowest BCUT2D eigenvalue weighted by Gasteiger charge is -2.12. The fraction of sp³-hybridized carbons (Fsp3) is 0.167. The fourth-order valence-corrected chi connectivity index (χ4v) is 2.96. The molecule has 1 aliphatic rings. The van der Waals surface area contributed by atoms with E-state index in [4.69, 9.17) is 9.15 Å². The van der Waals surface area contributed by atoms with Crippen molar-refractivity contribution in [2.75, 3.05) is 0 Å². The largest absolute Gasteiger partial charge is 0.573 e. The number of aromatic nitrogens is 2. The molecule has 0 spiro atoms. The molecular weight excluding hydrogens is 381 g/mol. The van der Waals surface area contributed by atoms with Crippen LogP contribution in [0.15, 0.2) is 51.9 Å². The third-order valence-corrected chi connectivity index (χ3v) is 4.07. The molecular formula is C18H11F3N2O5. The number of carbonyl (C=O) groups excluding carboxylic acids is 1. The number of carbonyl (C=O) groups is 1. The van der Waals surface area contributed by atoms with E-state index in [9.17, 15) is 22.8 Å². The maximum Gasteiger partial charge on any atom is 0.573 e. The van der Waals surface area contributed by atoms with Crippen molar-refractivity contribution in [2.45, 2.75) is 18.9 Å². The molecule has 0 saturated heterocycles. The predicted octanol–water partition coefficient (Wildman–Crippen LogP) is 3.38. The number of alkyl halides is 3. The normalized spacial score (nSPS) is 16.0. The monoisotopic (exact) mass is 392 g/mol. The lowest BCUT2D eigenvalue weighted by atomic mass is 10.0. The predicted molar refractivity (Wildman–Crippen MR) is 87.5 cm³/mol. The molecule has 0 radical (unpaired) electrons. The Kier molecular flexibility index (Phi) is 4.17. The first kappa shape index (κ1) is 17.8. The number of nitrogens with zero attached hydrogens (tertiary/aromatic N) is 1. The average molecular weight is 392 g/mol. The number of aromatic amines is 1. The van der Waals surface area contributed by atoms with Gasteiger partial charge in [0.25, 0.3) is 0 Å². The average Bonchev–Trinajstić information content (AvgIpc) is 3.24. The van der Waals surface area contributed by atoms with Crippen molar-refractivity contribution >= 4 is 5.97 Å². The second-order valence-electron chi connectivity index (χ2n) is 5.95. The molecule has 1 atom stereocenters. The van der Waals surface area contributed by atoms with Gasteiger partial charge in [0.2, 0.25) is 0 Å². The van der Waals surface area contributed by atoms with E-state index >= 15 is 0 Å². The first-order valence-corrected chi connectivity index (χ1v) is 8.04. The number of halogens is 3. The van der Waals surface area contributed by atoms with Crippen LogP contribution in [0.1, 0.15) is 27.7 Å². The maximum absolute atomic E-state index is 12.3. The number of rotatable bonds is 4. The molecule has 10 heteroatoms. The summed E-state index contributed by atoms with van der Waals surface area (Å²) in [7, 11) is 0. The number of cyclic esters (lactones) is 1. The number of benzene rings is 1. The van der Waals surface area contributed by atoms with E-state index in [1.54, 1.807) is 12.1 Å². The zero-order valence-electron chi connectivity index (χ0n) is 13.9. The minimum absolute atomic E-state index is 0.0742. The van der Waals surface area contributed by atoms with Crippen molar-refractivity contribution in [1.29, 1.82) is 0 Å². The highest BCUT2D eigenvalue weighted by molar-refractivity contribution is 5.99. The third-order valence-electron chi connectivity index (χ3n) is 4.07. The summed E-state index contributed by atoms with van der Waals surface area (Å²) in [6, 6.07) is 8.29. The Morgan fingerprint density at radius 3 is 2.54 bits per heavy atom. The SMILES string of the molecule is O=C1OC(Cc2ccc(OC(F)(F)F)cc2)c2[nH]c(=O)nc(-c3ccco3)c21.